The highest BCUT2D eigenvalue weighted by molar-refractivity contribution is 7.18. The number of aliphatic hydroxyl groups is 1. The van der Waals surface area contributed by atoms with Gasteiger partial charge in [-0.1, -0.05) is 6.07 Å². The predicted molar refractivity (Wildman–Crippen MR) is 64.7 cm³/mol. The standard InChI is InChI=1S/C13H13NOS/c15-13(5-6-13)9-3-4-10-11(7-9)16-12(14-10)8-1-2-8/h3-4,7-8,15H,1-2,5-6H2. The molecule has 1 aromatic carbocycles. The van der Waals surface area contributed by atoms with Crippen molar-refractivity contribution in [3.05, 3.63) is 28.8 Å². The minimum Gasteiger partial charge on any atom is -0.385 e. The lowest BCUT2D eigenvalue weighted by atomic mass is 10.1. The van der Waals surface area contributed by atoms with E-state index in [9.17, 15) is 5.11 Å². The fourth-order valence-electron chi connectivity index (χ4n) is 2.14. The van der Waals surface area contributed by atoms with Crippen molar-refractivity contribution in [3.63, 3.8) is 0 Å². The Morgan fingerprint density at radius 1 is 1.31 bits per heavy atom. The molecule has 0 bridgehead atoms. The maximum absolute atomic E-state index is 10.1. The van der Waals surface area contributed by atoms with Crippen molar-refractivity contribution >= 4 is 21.6 Å². The third kappa shape index (κ3) is 1.31. The van der Waals surface area contributed by atoms with Crippen molar-refractivity contribution < 1.29 is 5.11 Å². The van der Waals surface area contributed by atoms with Crippen LogP contribution < -0.4 is 0 Å². The van der Waals surface area contributed by atoms with Crippen LogP contribution in [-0.4, -0.2) is 10.1 Å². The largest absolute Gasteiger partial charge is 0.385 e. The van der Waals surface area contributed by atoms with Gasteiger partial charge in [0.1, 0.15) is 0 Å². The molecule has 3 heteroatoms. The third-order valence-corrected chi connectivity index (χ3v) is 4.77. The van der Waals surface area contributed by atoms with Gasteiger partial charge in [-0.05, 0) is 43.4 Å². The van der Waals surface area contributed by atoms with E-state index in [0.29, 0.717) is 0 Å². The molecule has 0 spiro atoms. The summed E-state index contributed by atoms with van der Waals surface area (Å²) in [6.07, 6.45) is 4.42. The lowest BCUT2D eigenvalue weighted by Crippen LogP contribution is -2.02. The maximum atomic E-state index is 10.1. The molecule has 0 aliphatic heterocycles. The molecular weight excluding hydrogens is 218 g/mol. The highest BCUT2D eigenvalue weighted by Gasteiger charge is 2.42. The Labute approximate surface area is 97.9 Å². The molecule has 82 valence electrons. The highest BCUT2D eigenvalue weighted by Crippen LogP contribution is 2.47. The lowest BCUT2D eigenvalue weighted by molar-refractivity contribution is 0.151. The van der Waals surface area contributed by atoms with Crippen LogP contribution in [0.1, 0.15) is 42.2 Å². The summed E-state index contributed by atoms with van der Waals surface area (Å²) >= 11 is 1.80. The zero-order valence-corrected chi connectivity index (χ0v) is 9.76. The summed E-state index contributed by atoms with van der Waals surface area (Å²) in [6.45, 7) is 0. The van der Waals surface area contributed by atoms with Crippen molar-refractivity contribution in [3.8, 4) is 0 Å². The molecule has 16 heavy (non-hydrogen) atoms. The van der Waals surface area contributed by atoms with E-state index in [1.54, 1.807) is 11.3 Å². The van der Waals surface area contributed by atoms with Gasteiger partial charge in [-0.15, -0.1) is 11.3 Å². The zero-order chi connectivity index (χ0) is 10.8. The molecule has 1 N–H and O–H groups in total. The Kier molecular flexibility index (Phi) is 1.62. The summed E-state index contributed by atoms with van der Waals surface area (Å²) in [5, 5.41) is 11.4. The SMILES string of the molecule is OC1(c2ccc3nc(C4CC4)sc3c2)CC1. The van der Waals surface area contributed by atoms with E-state index in [0.717, 1.165) is 29.8 Å². The number of thiazole rings is 1. The van der Waals surface area contributed by atoms with E-state index < -0.39 is 5.60 Å². The van der Waals surface area contributed by atoms with Gasteiger partial charge in [0.25, 0.3) is 0 Å². The fraction of sp³-hybridized carbons (Fsp3) is 0.462. The quantitative estimate of drug-likeness (QED) is 0.861. The molecule has 0 radical (unpaired) electrons. The van der Waals surface area contributed by atoms with Gasteiger partial charge in [0.2, 0.25) is 0 Å². The third-order valence-electron chi connectivity index (χ3n) is 3.59. The maximum Gasteiger partial charge on any atom is 0.0969 e. The molecule has 2 saturated carbocycles. The van der Waals surface area contributed by atoms with E-state index in [-0.39, 0.29) is 0 Å². The summed E-state index contributed by atoms with van der Waals surface area (Å²) in [5.74, 6) is 0.727. The second-order valence-electron chi connectivity index (χ2n) is 5.04. The number of aromatic nitrogens is 1. The van der Waals surface area contributed by atoms with Gasteiger partial charge in [-0.25, -0.2) is 4.98 Å². The van der Waals surface area contributed by atoms with E-state index in [1.165, 1.54) is 22.5 Å². The molecule has 2 aromatic rings. The molecule has 2 fully saturated rings. The normalized spacial score (nSPS) is 22.6. The van der Waals surface area contributed by atoms with Gasteiger partial charge < -0.3 is 5.11 Å². The van der Waals surface area contributed by atoms with Crippen LogP contribution in [-0.2, 0) is 5.60 Å². The minimum atomic E-state index is -0.516. The van der Waals surface area contributed by atoms with Crippen LogP contribution in [0.5, 0.6) is 0 Å². The van der Waals surface area contributed by atoms with E-state index in [2.05, 4.69) is 17.1 Å². The number of rotatable bonds is 2. The number of benzene rings is 1. The average Bonchev–Trinajstić information content (AvgIpc) is 3.19. The minimum absolute atomic E-state index is 0.516. The first-order chi connectivity index (χ1) is 7.74. The molecule has 1 heterocycles. The number of nitrogens with zero attached hydrogens (tertiary/aromatic N) is 1. The smallest absolute Gasteiger partial charge is 0.0969 e. The van der Waals surface area contributed by atoms with Crippen molar-refractivity contribution in [2.75, 3.05) is 0 Å². The van der Waals surface area contributed by atoms with Crippen LogP contribution in [0.3, 0.4) is 0 Å². The molecular formula is C13H13NOS. The van der Waals surface area contributed by atoms with Gasteiger partial charge in [0.15, 0.2) is 0 Å². The summed E-state index contributed by atoms with van der Waals surface area (Å²) in [7, 11) is 0. The van der Waals surface area contributed by atoms with E-state index in [1.807, 2.05) is 6.07 Å². The van der Waals surface area contributed by atoms with Crippen molar-refractivity contribution in [1.29, 1.82) is 0 Å². The Morgan fingerprint density at radius 2 is 2.12 bits per heavy atom. The van der Waals surface area contributed by atoms with E-state index in [4.69, 9.17) is 0 Å². The van der Waals surface area contributed by atoms with E-state index >= 15 is 0 Å². The van der Waals surface area contributed by atoms with Gasteiger partial charge >= 0.3 is 0 Å². The van der Waals surface area contributed by atoms with Crippen LogP contribution in [0.25, 0.3) is 10.2 Å². The predicted octanol–water partition coefficient (Wildman–Crippen LogP) is 3.16. The average molecular weight is 231 g/mol. The Morgan fingerprint density at radius 3 is 2.81 bits per heavy atom. The molecule has 0 unspecified atom stereocenters. The van der Waals surface area contributed by atoms with Crippen LogP contribution in [0.2, 0.25) is 0 Å². The van der Waals surface area contributed by atoms with Crippen LogP contribution >= 0.6 is 11.3 Å². The first-order valence-electron chi connectivity index (χ1n) is 5.88. The Balaban J connectivity index is 1.84. The second-order valence-corrected chi connectivity index (χ2v) is 6.10. The highest BCUT2D eigenvalue weighted by atomic mass is 32.1. The van der Waals surface area contributed by atoms with Gasteiger partial charge in [-0.2, -0.15) is 0 Å². The van der Waals surface area contributed by atoms with Crippen LogP contribution in [0, 0.1) is 0 Å². The summed E-state index contributed by atoms with van der Waals surface area (Å²) < 4.78 is 1.24. The summed E-state index contributed by atoms with van der Waals surface area (Å²) in [6, 6.07) is 6.22. The van der Waals surface area contributed by atoms with Gasteiger partial charge in [0, 0.05) is 5.92 Å². The topological polar surface area (TPSA) is 33.1 Å². The zero-order valence-electron chi connectivity index (χ0n) is 8.94. The monoisotopic (exact) mass is 231 g/mol. The number of fused-ring (bicyclic) bond motifs is 1. The fourth-order valence-corrected chi connectivity index (χ4v) is 3.32. The molecule has 2 aliphatic rings. The molecule has 2 aliphatic carbocycles. The van der Waals surface area contributed by atoms with Crippen LogP contribution in [0.15, 0.2) is 18.2 Å². The number of hydrogen-bond acceptors (Lipinski definition) is 3. The Bertz CT molecular complexity index is 566. The molecule has 0 atom stereocenters. The van der Waals surface area contributed by atoms with Crippen LogP contribution in [0.4, 0.5) is 0 Å². The molecule has 1 aromatic heterocycles. The summed E-state index contributed by atoms with van der Waals surface area (Å²) in [4.78, 5) is 4.66. The van der Waals surface area contributed by atoms with Gasteiger partial charge in [0.05, 0.1) is 20.8 Å². The summed E-state index contributed by atoms with van der Waals surface area (Å²) in [5.41, 5.74) is 1.66. The first-order valence-corrected chi connectivity index (χ1v) is 6.70. The Hall–Kier alpha value is -0.930. The first kappa shape index (κ1) is 9.14. The second kappa shape index (κ2) is 2.84. The van der Waals surface area contributed by atoms with Crippen molar-refractivity contribution in [2.45, 2.75) is 37.2 Å². The molecule has 0 saturated heterocycles. The number of hydrogen-bond donors (Lipinski definition) is 1. The van der Waals surface area contributed by atoms with Gasteiger partial charge in [-0.3, -0.25) is 0 Å². The molecule has 2 nitrogen and oxygen atoms in total. The molecule has 0 amide bonds. The van der Waals surface area contributed by atoms with Crippen molar-refractivity contribution in [1.82, 2.24) is 4.98 Å². The molecule has 4 rings (SSSR count). The lowest BCUT2D eigenvalue weighted by Gasteiger charge is -2.06. The van der Waals surface area contributed by atoms with Crippen molar-refractivity contribution in [2.24, 2.45) is 0 Å².